The second-order valence-corrected chi connectivity index (χ2v) is 16.4. The van der Waals surface area contributed by atoms with Crippen LogP contribution >= 0.6 is 11.6 Å². The molecule has 0 amide bonds. The Hall–Kier alpha value is -5.43. The van der Waals surface area contributed by atoms with Gasteiger partial charge in [0.2, 0.25) is 10.0 Å². The molecule has 4 rings (SSSR count). The number of aromatic nitrogens is 3. The molecule has 2 aliphatic rings. The zero-order valence-electron chi connectivity index (χ0n) is 34.8. The van der Waals surface area contributed by atoms with Gasteiger partial charge in [-0.15, -0.1) is 5.10 Å². The average molecular weight is 919 g/mol. The second kappa shape index (κ2) is 21.6. The molecule has 62 heavy (non-hydrogen) atoms. The maximum absolute atomic E-state index is 13.2. The highest BCUT2D eigenvalue weighted by Crippen LogP contribution is 2.38. The fourth-order valence-electron chi connectivity index (χ4n) is 6.47. The van der Waals surface area contributed by atoms with Crippen LogP contribution in [0.25, 0.3) is 0 Å². The van der Waals surface area contributed by atoms with Gasteiger partial charge in [-0.05, 0) is 31.2 Å². The van der Waals surface area contributed by atoms with Crippen LogP contribution in [0, 0.1) is 0 Å². The van der Waals surface area contributed by atoms with Gasteiger partial charge < -0.3 is 47.4 Å². The molecule has 1 aromatic carbocycles. The minimum Gasteiger partial charge on any atom is -0.463 e. The molecule has 2 fully saturated rings. The number of hydrogen-bond acceptors (Lipinski definition) is 21. The summed E-state index contributed by atoms with van der Waals surface area (Å²) in [5.41, 5.74) is 0.328. The molecule has 23 nitrogen and oxygen atoms in total. The lowest BCUT2D eigenvalue weighted by molar-refractivity contribution is -0.349. The maximum Gasteiger partial charge on any atom is 0.303 e. The first kappa shape index (κ1) is 49.2. The van der Waals surface area contributed by atoms with Crippen LogP contribution in [0.2, 0.25) is 5.02 Å². The summed E-state index contributed by atoms with van der Waals surface area (Å²) in [6.07, 6.45) is -15.3. The minimum absolute atomic E-state index is 0.0681. The van der Waals surface area contributed by atoms with E-state index < -0.39 is 126 Å². The van der Waals surface area contributed by atoms with Gasteiger partial charge in [0.1, 0.15) is 37.2 Å². The van der Waals surface area contributed by atoms with Crippen molar-refractivity contribution in [3.63, 3.8) is 0 Å². The largest absolute Gasteiger partial charge is 0.463 e. The van der Waals surface area contributed by atoms with Gasteiger partial charge in [-0.2, -0.15) is 0 Å². The molecule has 0 radical (unpaired) electrons. The molecule has 25 heteroatoms. The van der Waals surface area contributed by atoms with E-state index in [0.29, 0.717) is 5.02 Å². The Morgan fingerprint density at radius 2 is 1.13 bits per heavy atom. The minimum atomic E-state index is -3.91. The van der Waals surface area contributed by atoms with Crippen molar-refractivity contribution in [2.45, 2.75) is 123 Å². The number of carbonyl (C=O) groups excluding carboxylic acids is 7. The summed E-state index contributed by atoms with van der Waals surface area (Å²) in [6.45, 7) is 7.12. The zero-order valence-corrected chi connectivity index (χ0v) is 36.4. The zero-order chi connectivity index (χ0) is 46.1. The number of rotatable bonds is 17. The number of anilines is 1. The van der Waals surface area contributed by atoms with Crippen LogP contribution in [-0.4, -0.2) is 139 Å². The number of carbonyl (C=O) groups is 7. The number of sulfonamides is 1. The molecule has 2 aromatic rings. The summed E-state index contributed by atoms with van der Waals surface area (Å²) in [5.74, 6) is -6.53. The van der Waals surface area contributed by atoms with E-state index in [0.717, 1.165) is 57.5 Å². The molecule has 0 saturated carbocycles. The van der Waals surface area contributed by atoms with Crippen LogP contribution in [0.15, 0.2) is 30.5 Å². The van der Waals surface area contributed by atoms with Crippen LogP contribution in [0.5, 0.6) is 0 Å². The third-order valence-electron chi connectivity index (χ3n) is 8.84. The van der Waals surface area contributed by atoms with E-state index in [4.69, 9.17) is 59.0 Å². The van der Waals surface area contributed by atoms with Gasteiger partial charge in [0.05, 0.1) is 24.2 Å². The fourth-order valence-corrected chi connectivity index (χ4v) is 7.68. The monoisotopic (exact) mass is 918 g/mol. The lowest BCUT2D eigenvalue weighted by atomic mass is 9.95. The van der Waals surface area contributed by atoms with E-state index in [2.05, 4.69) is 10.3 Å². The summed E-state index contributed by atoms with van der Waals surface area (Å²) < 4.78 is 85.7. The highest BCUT2D eigenvalue weighted by molar-refractivity contribution is 7.92. The first-order valence-corrected chi connectivity index (χ1v) is 20.8. The van der Waals surface area contributed by atoms with Crippen molar-refractivity contribution < 1.29 is 89.3 Å². The predicted octanol–water partition coefficient (Wildman–Crippen LogP) is 1.08. The van der Waals surface area contributed by atoms with Gasteiger partial charge in [0.15, 0.2) is 43.0 Å². The maximum atomic E-state index is 13.2. The number of halogens is 1. The van der Waals surface area contributed by atoms with Crippen molar-refractivity contribution in [2.24, 2.45) is 0 Å². The van der Waals surface area contributed by atoms with Crippen LogP contribution in [-0.2, 0) is 97.5 Å². The Bertz CT molecular complexity index is 2070. The highest BCUT2D eigenvalue weighted by atomic mass is 35.5. The Morgan fingerprint density at radius 1 is 0.661 bits per heavy atom. The van der Waals surface area contributed by atoms with Crippen molar-refractivity contribution in [3.8, 4) is 0 Å². The number of ether oxygens (including phenoxy) is 10. The van der Waals surface area contributed by atoms with Crippen LogP contribution in [0.4, 0.5) is 5.69 Å². The molecule has 0 unspecified atom stereocenters. The van der Waals surface area contributed by atoms with Crippen molar-refractivity contribution in [1.29, 1.82) is 0 Å². The van der Waals surface area contributed by atoms with E-state index in [-0.39, 0.29) is 23.7 Å². The SMILES string of the molecule is CCS(=O)(=O)N(Cc1cn([C@H]2O[C@H](COC(C)=O)[C@@H](O[C@@H]3O[C@H](COC(C)=O)[C@H](OC(C)=O)[C@H](OC(C)=O)[C@H]3OC(C)=O)[C@H](OC(C)=O)[C@H]2OC(C)=O)nn1)c1ccc(Cl)cc1. The van der Waals surface area contributed by atoms with Gasteiger partial charge in [-0.25, -0.2) is 13.1 Å². The molecule has 3 heterocycles. The van der Waals surface area contributed by atoms with Gasteiger partial charge in [-0.1, -0.05) is 16.8 Å². The van der Waals surface area contributed by atoms with Gasteiger partial charge >= 0.3 is 41.8 Å². The summed E-state index contributed by atoms with van der Waals surface area (Å²) in [5, 5.41) is 8.60. The molecule has 0 spiro atoms. The van der Waals surface area contributed by atoms with E-state index in [1.54, 1.807) is 0 Å². The smallest absolute Gasteiger partial charge is 0.303 e. The Balaban J connectivity index is 1.84. The number of hydrogen-bond donors (Lipinski definition) is 0. The van der Waals surface area contributed by atoms with Crippen LogP contribution in [0.3, 0.4) is 0 Å². The first-order chi connectivity index (χ1) is 29.1. The van der Waals surface area contributed by atoms with E-state index in [1.165, 1.54) is 37.4 Å². The molecule has 2 aliphatic heterocycles. The number of esters is 7. The Kier molecular flexibility index (Phi) is 17.1. The summed E-state index contributed by atoms with van der Waals surface area (Å²) in [7, 11) is -3.91. The molecule has 0 aliphatic carbocycles. The first-order valence-electron chi connectivity index (χ1n) is 18.9. The molecule has 10 atom stereocenters. The van der Waals surface area contributed by atoms with Crippen molar-refractivity contribution >= 4 is 69.1 Å². The lowest BCUT2D eigenvalue weighted by Crippen LogP contribution is -2.66. The molecule has 342 valence electrons. The average Bonchev–Trinajstić information content (AvgIpc) is 3.64. The van der Waals surface area contributed by atoms with E-state index >= 15 is 0 Å². The standard InChI is InChI=1S/C37H47ClN4O19S/c1-9-62(50,51)42(27-12-10-25(38)11-13-27)15-26-14-41(40-39-26)36-34(57-23(7)48)32(55-21(5)46)31(28(59-36)16-52-18(2)43)61-37-35(58-24(8)49)33(56-22(6)47)30(54-20(4)45)29(60-37)17-53-19(3)44/h10-14,28-37H,9,15-17H2,1-8H3/t28-,29-,30+,31-,32+,33+,34-,35-,36+,37+/m1/s1. The number of nitrogens with zero attached hydrogens (tertiary/aromatic N) is 4. The van der Waals surface area contributed by atoms with Crippen molar-refractivity contribution in [2.75, 3.05) is 23.3 Å². The van der Waals surface area contributed by atoms with Crippen molar-refractivity contribution in [3.05, 3.63) is 41.2 Å². The second-order valence-electron chi connectivity index (χ2n) is 13.8. The van der Waals surface area contributed by atoms with Crippen LogP contribution < -0.4 is 4.31 Å². The fraction of sp³-hybridized carbons (Fsp3) is 0.595. The quantitative estimate of drug-likeness (QED) is 0.158. The van der Waals surface area contributed by atoms with Crippen LogP contribution in [0.1, 0.15) is 67.3 Å². The normalized spacial score (nSPS) is 26.0. The van der Waals surface area contributed by atoms with Gasteiger partial charge in [-0.3, -0.25) is 37.9 Å². The molecule has 0 N–H and O–H groups in total. The molecule has 2 saturated heterocycles. The topological polar surface area (TPSA) is 280 Å². The Labute approximate surface area is 360 Å². The summed E-state index contributed by atoms with van der Waals surface area (Å²) in [6, 6.07) is 6.00. The Morgan fingerprint density at radius 3 is 1.63 bits per heavy atom. The van der Waals surface area contributed by atoms with Crippen molar-refractivity contribution in [1.82, 2.24) is 15.0 Å². The molecule has 1 aromatic heterocycles. The molecular weight excluding hydrogens is 872 g/mol. The summed E-state index contributed by atoms with van der Waals surface area (Å²) in [4.78, 5) is 86.9. The third-order valence-corrected chi connectivity index (χ3v) is 10.8. The highest BCUT2D eigenvalue weighted by Gasteiger charge is 2.58. The van der Waals surface area contributed by atoms with E-state index in [9.17, 15) is 42.0 Å². The summed E-state index contributed by atoms with van der Waals surface area (Å²) >= 11 is 6.04. The van der Waals surface area contributed by atoms with Gasteiger partial charge in [0.25, 0.3) is 0 Å². The third kappa shape index (κ3) is 13.3. The lowest BCUT2D eigenvalue weighted by Gasteiger charge is -2.48. The number of benzene rings is 1. The van der Waals surface area contributed by atoms with E-state index in [1.807, 2.05) is 0 Å². The van der Waals surface area contributed by atoms with Gasteiger partial charge in [0, 0.05) is 53.5 Å². The predicted molar refractivity (Wildman–Crippen MR) is 206 cm³/mol. The molecule has 0 bridgehead atoms. The molecular formula is C37H47ClN4O19S.